The smallest absolute Gasteiger partial charge is 0.329 e. The molecule has 15 heteroatoms. The molecule has 1 saturated carbocycles. The van der Waals surface area contributed by atoms with Gasteiger partial charge in [-0.05, 0) is 113 Å². The summed E-state index contributed by atoms with van der Waals surface area (Å²) in [4.78, 5) is 84.2. The number of methoxy groups -OCH3 is 3. The Labute approximate surface area is 411 Å². The lowest BCUT2D eigenvalue weighted by Crippen LogP contribution is -2.53. The predicted molar refractivity (Wildman–Crippen MR) is 262 cm³/mol. The fraction of sp³-hybridized carbons (Fsp3) is 0.741. The van der Waals surface area contributed by atoms with Crippen LogP contribution in [0.2, 0.25) is 0 Å². The second-order valence-corrected chi connectivity index (χ2v) is 20.1. The van der Waals surface area contributed by atoms with Crippen LogP contribution < -0.4 is 0 Å². The van der Waals surface area contributed by atoms with Gasteiger partial charge in [0.2, 0.25) is 5.78 Å². The molecule has 1 aliphatic carbocycles. The molecule has 1 saturated heterocycles. The first-order chi connectivity index (χ1) is 32.8. The Hall–Kier alpha value is -3.70. The Morgan fingerprint density at radius 2 is 1.52 bits per heavy atom. The number of ether oxygens (including phenoxy) is 5. The first-order valence-electron chi connectivity index (χ1n) is 25.3. The summed E-state index contributed by atoms with van der Waals surface area (Å²) in [6.45, 7) is 13.0. The van der Waals surface area contributed by atoms with Crippen molar-refractivity contribution in [3.63, 3.8) is 0 Å². The van der Waals surface area contributed by atoms with Gasteiger partial charge in [-0.15, -0.1) is 0 Å². The predicted octanol–water partition coefficient (Wildman–Crippen LogP) is 6.43. The van der Waals surface area contributed by atoms with Crippen LogP contribution in [0.4, 0.5) is 0 Å². The Kier molecular flexibility index (Phi) is 26.1. The molecule has 1 amide bonds. The van der Waals surface area contributed by atoms with Crippen LogP contribution in [0.25, 0.3) is 0 Å². The number of hydrogen-bond donors (Lipinski definition) is 3. The highest BCUT2D eigenvalue weighted by Gasteiger charge is 2.42. The van der Waals surface area contributed by atoms with Gasteiger partial charge >= 0.3 is 5.97 Å². The first-order valence-corrected chi connectivity index (χ1v) is 25.3. The quantitative estimate of drug-likeness (QED) is 0.0933. The number of rotatable bonds is 10. The molecular weight excluding hydrogens is 887 g/mol. The van der Waals surface area contributed by atoms with Crippen LogP contribution in [0.3, 0.4) is 0 Å². The molecule has 3 aliphatic rings. The molecule has 2 aliphatic heterocycles. The van der Waals surface area contributed by atoms with Gasteiger partial charge in [-0.25, -0.2) is 4.79 Å². The molecule has 3 N–H and O–H groups in total. The lowest BCUT2D eigenvalue weighted by molar-refractivity contribution is -0.166. The molecule has 0 radical (unpaired) electrons. The highest BCUT2D eigenvalue weighted by molar-refractivity contribution is 6.63. The standard InChI is InChI=1S/C54H85NO14/c1-33-17-12-11-13-18-34(2)45(65-8)31-41(57)22-20-35(3)48(59)51(62)53(63)55-24-15-14-19-42(55)54(64)69-46(37(5)29-40-21-23-44(47(30-40)66-9)68-26-16-25-56)32-43(58)36(4)28-39(7)50(61)52(67-10)49(60)38(6)27-33/h11-13,17-18,28,33,35-38,40-42,44-47,50,52,56-57,61H,14-16,19-27,29-32H2,1-10H3/b13-11+,17-12+,34-18+,39-28+/t33-,35-,36-,37-,38-,40+,41+,42+,44-,45+,46+,47-,50-,52+/m1/s1. The van der Waals surface area contributed by atoms with Crippen molar-refractivity contribution in [3.8, 4) is 0 Å². The van der Waals surface area contributed by atoms with Crippen LogP contribution in [-0.2, 0) is 52.5 Å². The average molecular weight is 972 g/mol. The average Bonchev–Trinajstić information content (AvgIpc) is 3.33. The Balaban J connectivity index is 1.98. The van der Waals surface area contributed by atoms with Crippen molar-refractivity contribution in [2.45, 2.75) is 181 Å². The molecule has 69 heavy (non-hydrogen) atoms. The second kappa shape index (κ2) is 30.2. The third-order valence-corrected chi connectivity index (χ3v) is 14.4. The normalized spacial score (nSPS) is 36.2. The minimum absolute atomic E-state index is 0.00950. The summed E-state index contributed by atoms with van der Waals surface area (Å²) < 4.78 is 29.3. The van der Waals surface area contributed by atoms with E-state index in [0.717, 1.165) is 23.3 Å². The highest BCUT2D eigenvalue weighted by atomic mass is 16.5. The van der Waals surface area contributed by atoms with E-state index >= 15 is 0 Å². The van der Waals surface area contributed by atoms with Crippen molar-refractivity contribution >= 4 is 35.0 Å². The number of carbonyl (C=O) groups is 6. The number of fused-ring (bicyclic) bond motifs is 1. The van der Waals surface area contributed by atoms with Gasteiger partial charge in [-0.3, -0.25) is 24.0 Å². The second-order valence-electron chi connectivity index (χ2n) is 20.1. The van der Waals surface area contributed by atoms with Gasteiger partial charge in [-0.2, -0.15) is 0 Å². The number of ketones is 4. The van der Waals surface area contributed by atoms with Gasteiger partial charge in [0.1, 0.15) is 30.1 Å². The number of cyclic esters (lactones) is 1. The minimum Gasteiger partial charge on any atom is -0.460 e. The first kappa shape index (κ1) is 59.6. The molecule has 0 aromatic carbocycles. The van der Waals surface area contributed by atoms with Gasteiger partial charge in [-0.1, -0.05) is 71.1 Å². The number of nitrogens with zero attached hydrogens (tertiary/aromatic N) is 1. The number of amides is 1. The van der Waals surface area contributed by atoms with Gasteiger partial charge in [0, 0.05) is 71.7 Å². The third-order valence-electron chi connectivity index (χ3n) is 14.4. The van der Waals surface area contributed by atoms with E-state index < -0.39 is 77.8 Å². The van der Waals surface area contributed by atoms with Gasteiger partial charge in [0.05, 0.1) is 24.4 Å². The molecule has 2 heterocycles. The molecule has 0 aromatic rings. The van der Waals surface area contributed by atoms with Crippen molar-refractivity contribution in [2.24, 2.45) is 35.5 Å². The van der Waals surface area contributed by atoms with E-state index in [1.807, 2.05) is 51.2 Å². The van der Waals surface area contributed by atoms with E-state index in [-0.39, 0.29) is 86.8 Å². The maximum absolute atomic E-state index is 14.3. The molecule has 2 fully saturated rings. The number of piperidine rings is 1. The molecule has 0 bridgehead atoms. The van der Waals surface area contributed by atoms with Crippen molar-refractivity contribution in [2.75, 3.05) is 41.1 Å². The van der Waals surface area contributed by atoms with Crippen LogP contribution in [-0.4, -0.2) is 145 Å². The minimum atomic E-state index is -1.33. The van der Waals surface area contributed by atoms with Crippen molar-refractivity contribution < 1.29 is 67.8 Å². The molecule has 3 rings (SSSR count). The SMILES string of the molecule is CO[C@H]1C[C@@H](O)CC[C@@H](C)C(=O)C(=O)C(=O)N2CCCC[C@H]2C(=O)O[C@H]([C@H](C)C[C@@H]2CC[C@@H](OCCCO)[C@H](OC)C2)CC(=O)[C@H](C)/C=C(\C)[C@@H](O)[C@@H](OC)C(=O)[C@H](C)C[C@H](C)/C=C/C=C/C=C/1C. The Morgan fingerprint density at radius 3 is 2.19 bits per heavy atom. The summed E-state index contributed by atoms with van der Waals surface area (Å²) in [5.74, 6) is -6.81. The number of hydrogen-bond acceptors (Lipinski definition) is 14. The number of aliphatic hydroxyl groups is 3. The largest absolute Gasteiger partial charge is 0.460 e. The summed E-state index contributed by atoms with van der Waals surface area (Å²) in [6.07, 6.45) is 11.5. The zero-order valence-electron chi connectivity index (χ0n) is 43.1. The van der Waals surface area contributed by atoms with Crippen LogP contribution in [0.1, 0.15) is 132 Å². The van der Waals surface area contributed by atoms with E-state index in [2.05, 4.69) is 0 Å². The van der Waals surface area contributed by atoms with Crippen LogP contribution in [0.5, 0.6) is 0 Å². The molecule has 0 spiro atoms. The fourth-order valence-electron chi connectivity index (χ4n) is 9.96. The number of aliphatic hydroxyl groups excluding tert-OH is 3. The lowest BCUT2D eigenvalue weighted by Gasteiger charge is -2.38. The monoisotopic (exact) mass is 972 g/mol. The van der Waals surface area contributed by atoms with Crippen molar-refractivity contribution in [1.29, 1.82) is 0 Å². The van der Waals surface area contributed by atoms with Crippen molar-refractivity contribution in [3.05, 3.63) is 47.6 Å². The molecule has 0 aromatic heterocycles. The Morgan fingerprint density at radius 1 is 0.797 bits per heavy atom. The van der Waals surface area contributed by atoms with E-state index in [0.29, 0.717) is 50.7 Å². The number of carbonyl (C=O) groups excluding carboxylic acids is 6. The van der Waals surface area contributed by atoms with E-state index in [4.69, 9.17) is 23.7 Å². The maximum Gasteiger partial charge on any atom is 0.329 e. The molecule has 0 unspecified atom stereocenters. The lowest BCUT2D eigenvalue weighted by atomic mass is 9.78. The zero-order chi connectivity index (χ0) is 51.4. The summed E-state index contributed by atoms with van der Waals surface area (Å²) in [5, 5.41) is 31.7. The van der Waals surface area contributed by atoms with Crippen LogP contribution >= 0.6 is 0 Å². The van der Waals surface area contributed by atoms with Gasteiger partial charge < -0.3 is 43.9 Å². The third kappa shape index (κ3) is 18.5. The van der Waals surface area contributed by atoms with Gasteiger partial charge in [0.15, 0.2) is 5.78 Å². The van der Waals surface area contributed by atoms with E-state index in [1.54, 1.807) is 48.0 Å². The van der Waals surface area contributed by atoms with Crippen LogP contribution in [0.15, 0.2) is 47.6 Å². The molecular formula is C54H85NO14. The summed E-state index contributed by atoms with van der Waals surface area (Å²) in [6, 6.07) is -1.16. The number of Topliss-reactive ketones (excluding diaryl/α,β-unsaturated/α-hetero) is 4. The summed E-state index contributed by atoms with van der Waals surface area (Å²) >= 11 is 0. The van der Waals surface area contributed by atoms with Crippen LogP contribution in [0, 0.1) is 35.5 Å². The topological polar surface area (TPSA) is 212 Å². The molecule has 390 valence electrons. The van der Waals surface area contributed by atoms with Gasteiger partial charge in [0.25, 0.3) is 11.7 Å². The highest BCUT2D eigenvalue weighted by Crippen LogP contribution is 2.35. The fourth-order valence-corrected chi connectivity index (χ4v) is 9.96. The zero-order valence-corrected chi connectivity index (χ0v) is 43.1. The summed E-state index contributed by atoms with van der Waals surface area (Å²) in [5.41, 5.74) is 1.23. The van der Waals surface area contributed by atoms with E-state index in [1.165, 1.54) is 7.11 Å². The number of esters is 1. The molecule has 15 nitrogen and oxygen atoms in total. The molecule has 14 atom stereocenters. The van der Waals surface area contributed by atoms with E-state index in [9.17, 15) is 44.1 Å². The number of allylic oxidation sites excluding steroid dienone is 6. The van der Waals surface area contributed by atoms with Crippen molar-refractivity contribution in [1.82, 2.24) is 4.90 Å². The summed E-state index contributed by atoms with van der Waals surface area (Å²) in [7, 11) is 4.55. The Bertz CT molecular complexity index is 1810. The maximum atomic E-state index is 14.3.